The second kappa shape index (κ2) is 9.50. The van der Waals surface area contributed by atoms with Gasteiger partial charge in [0.05, 0.1) is 6.61 Å². The largest absolute Gasteiger partial charge is 0.391 e. The molecule has 0 heterocycles. The molecule has 0 rings (SSSR count). The fourth-order valence-electron chi connectivity index (χ4n) is 0.680. The molecule has 66 valence electrons. The van der Waals surface area contributed by atoms with Gasteiger partial charge < -0.3 is 10.1 Å². The van der Waals surface area contributed by atoms with Gasteiger partial charge in [0, 0.05) is 13.2 Å². The molecule has 0 aromatic heterocycles. The van der Waals surface area contributed by atoms with E-state index in [4.69, 9.17) is 4.74 Å². The predicted molar refractivity (Wildman–Crippen MR) is 48.5 cm³/mol. The monoisotopic (exact) mass is 157 g/mol. The Hall–Kier alpha value is -0.500. The summed E-state index contributed by atoms with van der Waals surface area (Å²) in [5.74, 6) is 0. The zero-order valence-corrected chi connectivity index (χ0v) is 7.60. The quantitative estimate of drug-likeness (QED) is 0.570. The summed E-state index contributed by atoms with van der Waals surface area (Å²) in [6.07, 6.45) is 6.44. The molecule has 0 aliphatic heterocycles. The van der Waals surface area contributed by atoms with E-state index in [0.29, 0.717) is 0 Å². The van der Waals surface area contributed by atoms with Gasteiger partial charge in [0.2, 0.25) is 0 Å². The first-order valence-corrected chi connectivity index (χ1v) is 4.38. The van der Waals surface area contributed by atoms with Gasteiger partial charge in [-0.25, -0.2) is 0 Å². The van der Waals surface area contributed by atoms with E-state index in [-0.39, 0.29) is 0 Å². The maximum atomic E-state index is 5.11. The number of hydrogen-bond acceptors (Lipinski definition) is 2. The van der Waals surface area contributed by atoms with Gasteiger partial charge in [-0.2, -0.15) is 0 Å². The van der Waals surface area contributed by atoms with Crippen LogP contribution in [0.4, 0.5) is 0 Å². The molecule has 0 aromatic rings. The number of ether oxygens (including phenoxy) is 1. The van der Waals surface area contributed by atoms with E-state index in [0.717, 1.165) is 19.8 Å². The third kappa shape index (κ3) is 9.50. The number of nitrogens with one attached hydrogen (secondary N) is 1. The molecule has 0 bridgehead atoms. The highest BCUT2D eigenvalue weighted by Crippen LogP contribution is 1.82. The summed E-state index contributed by atoms with van der Waals surface area (Å²) in [7, 11) is 0. The van der Waals surface area contributed by atoms with Crippen LogP contribution in [0, 0.1) is 0 Å². The second-order valence-corrected chi connectivity index (χ2v) is 2.37. The van der Waals surface area contributed by atoms with Crippen molar-refractivity contribution in [1.29, 1.82) is 0 Å². The molecule has 2 heteroatoms. The van der Waals surface area contributed by atoms with Crippen LogP contribution < -0.4 is 5.32 Å². The average Bonchev–Trinajstić information content (AvgIpc) is 2.03. The Morgan fingerprint density at radius 1 is 1.36 bits per heavy atom. The van der Waals surface area contributed by atoms with E-state index in [1.54, 1.807) is 0 Å². The van der Waals surface area contributed by atoms with Crippen LogP contribution in [-0.2, 0) is 4.74 Å². The van der Waals surface area contributed by atoms with Crippen LogP contribution in [0.1, 0.15) is 26.7 Å². The van der Waals surface area contributed by atoms with Crippen molar-refractivity contribution in [2.75, 3.05) is 19.8 Å². The zero-order valence-electron chi connectivity index (χ0n) is 7.60. The van der Waals surface area contributed by atoms with E-state index >= 15 is 0 Å². The molecular formula is C9H19NO. The minimum absolute atomic E-state index is 0.718. The summed E-state index contributed by atoms with van der Waals surface area (Å²) in [6.45, 7) is 6.76. The molecule has 0 amide bonds. The molecule has 0 aliphatic rings. The van der Waals surface area contributed by atoms with Gasteiger partial charge in [-0.3, -0.25) is 0 Å². The fraction of sp³-hybridized carbons (Fsp3) is 0.778. The van der Waals surface area contributed by atoms with Crippen molar-refractivity contribution in [3.63, 3.8) is 0 Å². The molecule has 2 nitrogen and oxygen atoms in total. The summed E-state index contributed by atoms with van der Waals surface area (Å²) in [5, 5.41) is 3.18. The summed E-state index contributed by atoms with van der Waals surface area (Å²) in [4.78, 5) is 0. The second-order valence-electron chi connectivity index (χ2n) is 2.37. The van der Waals surface area contributed by atoms with Crippen LogP contribution in [-0.4, -0.2) is 19.8 Å². The van der Waals surface area contributed by atoms with Crippen molar-refractivity contribution < 1.29 is 4.74 Å². The van der Waals surface area contributed by atoms with Crippen molar-refractivity contribution in [1.82, 2.24) is 5.32 Å². The van der Waals surface area contributed by atoms with E-state index in [2.05, 4.69) is 12.2 Å². The Balaban J connectivity index is 2.91. The standard InChI is InChI=1S/C9H19NO/c1-3-5-7-10-8-6-9-11-4-2/h6,8,10H,3-5,7,9H2,1-2H3. The van der Waals surface area contributed by atoms with Crippen molar-refractivity contribution in [2.45, 2.75) is 26.7 Å². The summed E-state index contributed by atoms with van der Waals surface area (Å²) >= 11 is 0. The van der Waals surface area contributed by atoms with Gasteiger partial charge >= 0.3 is 0 Å². The van der Waals surface area contributed by atoms with Crippen molar-refractivity contribution in [3.05, 3.63) is 12.3 Å². The van der Waals surface area contributed by atoms with Gasteiger partial charge in [0.15, 0.2) is 0 Å². The van der Waals surface area contributed by atoms with Crippen molar-refractivity contribution in [2.24, 2.45) is 0 Å². The van der Waals surface area contributed by atoms with Crippen LogP contribution in [0.3, 0.4) is 0 Å². The lowest BCUT2D eigenvalue weighted by Crippen LogP contribution is -2.06. The first-order valence-electron chi connectivity index (χ1n) is 4.38. The Morgan fingerprint density at radius 2 is 2.18 bits per heavy atom. The highest BCUT2D eigenvalue weighted by atomic mass is 16.5. The molecule has 0 aliphatic carbocycles. The molecule has 0 saturated carbocycles. The zero-order chi connectivity index (χ0) is 8.36. The smallest absolute Gasteiger partial charge is 0.0664 e. The first-order chi connectivity index (χ1) is 5.41. The first kappa shape index (κ1) is 10.5. The predicted octanol–water partition coefficient (Wildman–Crippen LogP) is 1.93. The van der Waals surface area contributed by atoms with Crippen LogP contribution in [0.25, 0.3) is 0 Å². The molecule has 0 unspecified atom stereocenters. The van der Waals surface area contributed by atoms with Gasteiger partial charge in [-0.05, 0) is 25.6 Å². The lowest BCUT2D eigenvalue weighted by molar-refractivity contribution is 0.177. The SMILES string of the molecule is CCCCNC=CCOCC. The lowest BCUT2D eigenvalue weighted by atomic mass is 10.3. The molecular weight excluding hydrogens is 138 g/mol. The summed E-state index contributed by atoms with van der Waals surface area (Å²) in [5.41, 5.74) is 0. The number of hydrogen-bond donors (Lipinski definition) is 1. The third-order valence-corrected chi connectivity index (χ3v) is 1.33. The van der Waals surface area contributed by atoms with E-state index in [1.807, 2.05) is 19.2 Å². The molecule has 0 atom stereocenters. The minimum atomic E-state index is 0.718. The maximum Gasteiger partial charge on any atom is 0.0664 e. The van der Waals surface area contributed by atoms with Crippen LogP contribution in [0.15, 0.2) is 12.3 Å². The minimum Gasteiger partial charge on any atom is -0.391 e. The molecule has 0 spiro atoms. The highest BCUT2D eigenvalue weighted by Gasteiger charge is 1.78. The molecule has 0 fully saturated rings. The van der Waals surface area contributed by atoms with E-state index < -0.39 is 0 Å². The summed E-state index contributed by atoms with van der Waals surface area (Å²) in [6, 6.07) is 0. The van der Waals surface area contributed by atoms with Crippen LogP contribution >= 0.6 is 0 Å². The topological polar surface area (TPSA) is 21.3 Å². The third-order valence-electron chi connectivity index (χ3n) is 1.33. The number of unbranched alkanes of at least 4 members (excludes halogenated alkanes) is 1. The Kier molecular flexibility index (Phi) is 9.07. The molecule has 0 saturated heterocycles. The molecule has 0 aromatic carbocycles. The lowest BCUT2D eigenvalue weighted by Gasteiger charge is -1.97. The van der Waals surface area contributed by atoms with Crippen molar-refractivity contribution in [3.8, 4) is 0 Å². The Bertz CT molecular complexity index is 91.6. The van der Waals surface area contributed by atoms with Gasteiger partial charge in [-0.1, -0.05) is 13.3 Å². The average molecular weight is 157 g/mol. The van der Waals surface area contributed by atoms with Crippen LogP contribution in [0.2, 0.25) is 0 Å². The van der Waals surface area contributed by atoms with E-state index in [9.17, 15) is 0 Å². The summed E-state index contributed by atoms with van der Waals surface area (Å²) < 4.78 is 5.11. The van der Waals surface area contributed by atoms with Gasteiger partial charge in [0.25, 0.3) is 0 Å². The van der Waals surface area contributed by atoms with Gasteiger partial charge in [-0.15, -0.1) is 0 Å². The van der Waals surface area contributed by atoms with Crippen LogP contribution in [0.5, 0.6) is 0 Å². The van der Waals surface area contributed by atoms with Crippen molar-refractivity contribution >= 4 is 0 Å². The maximum absolute atomic E-state index is 5.11. The molecule has 11 heavy (non-hydrogen) atoms. The highest BCUT2D eigenvalue weighted by molar-refractivity contribution is 4.78. The number of rotatable bonds is 7. The van der Waals surface area contributed by atoms with E-state index in [1.165, 1.54) is 12.8 Å². The molecule has 0 radical (unpaired) electrons. The Labute approximate surface area is 69.6 Å². The molecule has 1 N–H and O–H groups in total. The fourth-order valence-corrected chi connectivity index (χ4v) is 0.680. The van der Waals surface area contributed by atoms with Gasteiger partial charge in [0.1, 0.15) is 0 Å². The normalized spacial score (nSPS) is 10.7. The Morgan fingerprint density at radius 3 is 2.82 bits per heavy atom.